The first-order valence-electron chi connectivity index (χ1n) is 9.13. The number of nitrogens with one attached hydrogen (secondary N) is 1. The standard InChI is InChI=1S/C21H26N2O4/c1-7-25-13(3)14-9-8-10-15-18(14)17-12(2)19(22-11-16(17)23-15)26-20(24)27-21(4,5)6/h8-11,13,23H,7H2,1-6H3. The number of benzene rings is 1. The van der Waals surface area contributed by atoms with Crippen molar-refractivity contribution in [1.82, 2.24) is 9.97 Å². The van der Waals surface area contributed by atoms with Crippen molar-refractivity contribution in [3.05, 3.63) is 35.5 Å². The van der Waals surface area contributed by atoms with Gasteiger partial charge in [0.1, 0.15) is 5.60 Å². The van der Waals surface area contributed by atoms with Crippen LogP contribution in [0, 0.1) is 6.92 Å². The largest absolute Gasteiger partial charge is 0.515 e. The summed E-state index contributed by atoms with van der Waals surface area (Å²) >= 11 is 0. The van der Waals surface area contributed by atoms with Crippen LogP contribution in [0.3, 0.4) is 0 Å². The zero-order valence-electron chi connectivity index (χ0n) is 16.7. The number of H-pyrrole nitrogens is 1. The third kappa shape index (κ3) is 3.90. The normalized spacial score (nSPS) is 13.1. The Morgan fingerprint density at radius 2 is 1.96 bits per heavy atom. The first-order valence-corrected chi connectivity index (χ1v) is 9.13. The van der Waals surface area contributed by atoms with E-state index in [0.29, 0.717) is 6.61 Å². The van der Waals surface area contributed by atoms with Crippen LogP contribution in [0.2, 0.25) is 0 Å². The molecule has 2 heterocycles. The molecule has 2 aromatic heterocycles. The lowest BCUT2D eigenvalue weighted by atomic mass is 10.0. The van der Waals surface area contributed by atoms with Gasteiger partial charge in [0.25, 0.3) is 0 Å². The maximum Gasteiger partial charge on any atom is 0.515 e. The highest BCUT2D eigenvalue weighted by molar-refractivity contribution is 6.11. The summed E-state index contributed by atoms with van der Waals surface area (Å²) in [6, 6.07) is 6.08. The second-order valence-corrected chi connectivity index (χ2v) is 7.54. The highest BCUT2D eigenvalue weighted by atomic mass is 16.7. The van der Waals surface area contributed by atoms with Crippen LogP contribution in [0.4, 0.5) is 4.79 Å². The van der Waals surface area contributed by atoms with Gasteiger partial charge in [0, 0.05) is 28.5 Å². The zero-order valence-corrected chi connectivity index (χ0v) is 16.7. The molecule has 1 aromatic carbocycles. The minimum atomic E-state index is -0.764. The lowest BCUT2D eigenvalue weighted by molar-refractivity contribution is 0.0196. The second kappa shape index (κ2) is 7.19. The van der Waals surface area contributed by atoms with Gasteiger partial charge in [-0.3, -0.25) is 0 Å². The predicted molar refractivity (Wildman–Crippen MR) is 105 cm³/mol. The number of aromatic nitrogens is 2. The Morgan fingerprint density at radius 3 is 2.63 bits per heavy atom. The molecule has 0 radical (unpaired) electrons. The number of carbonyl (C=O) groups is 1. The Kier molecular flexibility index (Phi) is 5.11. The number of aromatic amines is 1. The fraction of sp³-hybridized carbons (Fsp3) is 0.429. The van der Waals surface area contributed by atoms with Gasteiger partial charge < -0.3 is 19.2 Å². The minimum absolute atomic E-state index is 0.0551. The number of pyridine rings is 1. The van der Waals surface area contributed by atoms with Gasteiger partial charge in [0.2, 0.25) is 5.88 Å². The fourth-order valence-electron chi connectivity index (χ4n) is 3.24. The van der Waals surface area contributed by atoms with Crippen molar-refractivity contribution in [2.45, 2.75) is 53.2 Å². The fourth-order valence-corrected chi connectivity index (χ4v) is 3.24. The smallest absolute Gasteiger partial charge is 0.428 e. The van der Waals surface area contributed by atoms with Crippen LogP contribution in [0.25, 0.3) is 21.8 Å². The summed E-state index contributed by atoms with van der Waals surface area (Å²) in [5.74, 6) is 0.247. The third-order valence-electron chi connectivity index (χ3n) is 4.32. The molecule has 6 heteroatoms. The van der Waals surface area contributed by atoms with Crippen LogP contribution in [0.5, 0.6) is 5.88 Å². The Morgan fingerprint density at radius 1 is 1.22 bits per heavy atom. The summed E-state index contributed by atoms with van der Waals surface area (Å²) < 4.78 is 16.4. The maximum atomic E-state index is 12.1. The molecule has 1 N–H and O–H groups in total. The van der Waals surface area contributed by atoms with Crippen LogP contribution in [0.1, 0.15) is 51.8 Å². The van der Waals surface area contributed by atoms with E-state index in [2.05, 4.69) is 16.0 Å². The van der Waals surface area contributed by atoms with E-state index in [-0.39, 0.29) is 12.0 Å². The summed E-state index contributed by atoms with van der Waals surface area (Å²) in [6.45, 7) is 11.9. The van der Waals surface area contributed by atoms with Crippen molar-refractivity contribution in [1.29, 1.82) is 0 Å². The maximum absolute atomic E-state index is 12.1. The van der Waals surface area contributed by atoms with Crippen LogP contribution in [-0.4, -0.2) is 28.3 Å². The first-order chi connectivity index (χ1) is 12.7. The zero-order chi connectivity index (χ0) is 19.8. The predicted octanol–water partition coefficient (Wildman–Crippen LogP) is 5.44. The second-order valence-electron chi connectivity index (χ2n) is 7.54. The molecule has 3 aromatic rings. The van der Waals surface area contributed by atoms with Gasteiger partial charge in [-0.25, -0.2) is 9.78 Å². The molecule has 0 fully saturated rings. The summed E-state index contributed by atoms with van der Waals surface area (Å²) in [5, 5.41) is 2.03. The molecule has 0 amide bonds. The Balaban J connectivity index is 2.11. The van der Waals surface area contributed by atoms with E-state index < -0.39 is 11.8 Å². The van der Waals surface area contributed by atoms with Crippen LogP contribution in [0.15, 0.2) is 24.4 Å². The summed E-state index contributed by atoms with van der Waals surface area (Å²) in [4.78, 5) is 19.7. The van der Waals surface area contributed by atoms with Gasteiger partial charge >= 0.3 is 6.16 Å². The first kappa shape index (κ1) is 19.2. The molecule has 0 saturated carbocycles. The highest BCUT2D eigenvalue weighted by Crippen LogP contribution is 2.36. The topological polar surface area (TPSA) is 73.4 Å². The number of aryl methyl sites for hydroxylation is 1. The van der Waals surface area contributed by atoms with E-state index in [9.17, 15) is 4.79 Å². The Labute approximate surface area is 158 Å². The van der Waals surface area contributed by atoms with Crippen molar-refractivity contribution in [2.75, 3.05) is 6.61 Å². The Hall–Kier alpha value is -2.60. The van der Waals surface area contributed by atoms with Crippen molar-refractivity contribution < 1.29 is 19.0 Å². The van der Waals surface area contributed by atoms with Gasteiger partial charge in [-0.1, -0.05) is 12.1 Å². The minimum Gasteiger partial charge on any atom is -0.428 e. The summed E-state index contributed by atoms with van der Waals surface area (Å²) in [7, 11) is 0. The van der Waals surface area contributed by atoms with Gasteiger partial charge in [-0.2, -0.15) is 0 Å². The third-order valence-corrected chi connectivity index (χ3v) is 4.32. The number of carbonyl (C=O) groups excluding carboxylic acids is 1. The molecule has 0 spiro atoms. The SMILES string of the molecule is CCOC(C)c1cccc2[nH]c3cnc(OC(=O)OC(C)(C)C)c(C)c3c12. The van der Waals surface area contributed by atoms with Gasteiger partial charge in [0.05, 0.1) is 17.8 Å². The lowest BCUT2D eigenvalue weighted by Crippen LogP contribution is -2.26. The number of nitrogens with zero attached hydrogens (tertiary/aromatic N) is 1. The van der Waals surface area contributed by atoms with Crippen LogP contribution in [-0.2, 0) is 9.47 Å². The van der Waals surface area contributed by atoms with Crippen molar-refractivity contribution in [3.63, 3.8) is 0 Å². The average Bonchev–Trinajstić information content (AvgIpc) is 2.95. The molecule has 0 aliphatic carbocycles. The molecular formula is C21H26N2O4. The van der Waals surface area contributed by atoms with Crippen LogP contribution < -0.4 is 4.74 Å². The summed E-state index contributed by atoms with van der Waals surface area (Å²) in [5.41, 5.74) is 3.11. The van der Waals surface area contributed by atoms with E-state index in [4.69, 9.17) is 14.2 Å². The van der Waals surface area contributed by atoms with E-state index in [1.54, 1.807) is 27.0 Å². The van der Waals surface area contributed by atoms with Crippen LogP contribution >= 0.6 is 0 Å². The number of hydrogen-bond donors (Lipinski definition) is 1. The molecule has 1 unspecified atom stereocenters. The molecular weight excluding hydrogens is 344 g/mol. The van der Waals surface area contributed by atoms with E-state index in [0.717, 1.165) is 32.9 Å². The van der Waals surface area contributed by atoms with E-state index >= 15 is 0 Å². The Bertz CT molecular complexity index is 985. The summed E-state index contributed by atoms with van der Waals surface area (Å²) in [6.07, 6.45) is 0.859. The molecule has 3 rings (SSSR count). The number of rotatable bonds is 4. The van der Waals surface area contributed by atoms with E-state index in [1.807, 2.05) is 32.9 Å². The molecule has 1 atom stereocenters. The van der Waals surface area contributed by atoms with Crippen molar-refractivity contribution >= 4 is 28.0 Å². The number of hydrogen-bond acceptors (Lipinski definition) is 5. The van der Waals surface area contributed by atoms with Crippen molar-refractivity contribution in [2.24, 2.45) is 0 Å². The molecule has 0 aliphatic heterocycles. The quantitative estimate of drug-likeness (QED) is 0.619. The average molecular weight is 370 g/mol. The van der Waals surface area contributed by atoms with Gasteiger partial charge in [-0.05, 0) is 53.2 Å². The van der Waals surface area contributed by atoms with Gasteiger partial charge in [0.15, 0.2) is 0 Å². The molecule has 6 nitrogen and oxygen atoms in total. The molecule has 144 valence electrons. The highest BCUT2D eigenvalue weighted by Gasteiger charge is 2.22. The monoisotopic (exact) mass is 370 g/mol. The number of fused-ring (bicyclic) bond motifs is 3. The number of ether oxygens (including phenoxy) is 3. The molecule has 0 aliphatic rings. The molecule has 0 bridgehead atoms. The molecule has 0 saturated heterocycles. The lowest BCUT2D eigenvalue weighted by Gasteiger charge is -2.19. The van der Waals surface area contributed by atoms with Gasteiger partial charge in [-0.15, -0.1) is 0 Å². The molecule has 27 heavy (non-hydrogen) atoms. The van der Waals surface area contributed by atoms with Crippen molar-refractivity contribution in [3.8, 4) is 5.88 Å². The van der Waals surface area contributed by atoms with E-state index in [1.165, 1.54) is 0 Å².